The fourth-order valence-electron chi connectivity index (χ4n) is 4.45. The van der Waals surface area contributed by atoms with Crippen LogP contribution in [0.5, 0.6) is 5.75 Å². The van der Waals surface area contributed by atoms with Crippen molar-refractivity contribution in [3.63, 3.8) is 0 Å². The molecule has 2 aromatic rings. The number of nitrogens with zero attached hydrogens (tertiary/aromatic N) is 2. The molecule has 2 aromatic carbocycles. The molecule has 0 aliphatic rings. The van der Waals surface area contributed by atoms with Gasteiger partial charge in [-0.2, -0.15) is 4.31 Å². The van der Waals surface area contributed by atoms with Crippen LogP contribution in [0.4, 0.5) is 9.18 Å². The number of rotatable bonds is 15. The number of carbonyl (C=O) groups is 1. The predicted octanol–water partition coefficient (Wildman–Crippen LogP) is 8.09. The number of ether oxygens (including phenoxy) is 3. The van der Waals surface area contributed by atoms with Gasteiger partial charge in [0.2, 0.25) is 10.0 Å². The number of benzene rings is 2. The number of hydrogen-bond acceptors (Lipinski definition) is 7. The molecule has 0 aliphatic carbocycles. The first-order valence-corrected chi connectivity index (χ1v) is 20.9. The molecule has 0 aromatic heterocycles. The van der Waals surface area contributed by atoms with Crippen molar-refractivity contribution in [3.05, 3.63) is 58.3 Å². The van der Waals surface area contributed by atoms with Crippen LogP contribution < -0.4 is 4.74 Å². The van der Waals surface area contributed by atoms with Gasteiger partial charge in [0, 0.05) is 30.7 Å². The molecular weight excluding hydrogens is 707 g/mol. The van der Waals surface area contributed by atoms with E-state index in [9.17, 15) is 13.2 Å². The molecule has 0 spiro atoms. The SMILES string of the molecule is COc1ccc(COC[C@H](C)N(C[C@H](C)[C@@H](CN(C)C(=O)OC(C)(C)C)O[Si](C)(C)C(C)(C)C)S(=O)(=O)c2ccc(Br)cc2F)cc1. The maximum atomic E-state index is 15.2. The van der Waals surface area contributed by atoms with Crippen molar-refractivity contribution in [2.24, 2.45) is 5.92 Å². The van der Waals surface area contributed by atoms with Crippen LogP contribution in [0.2, 0.25) is 18.1 Å². The Labute approximate surface area is 291 Å². The summed E-state index contributed by atoms with van der Waals surface area (Å²) in [6.45, 7) is 20.1. The molecule has 3 atom stereocenters. The third-order valence-corrected chi connectivity index (χ3v) is 15.3. The van der Waals surface area contributed by atoms with Crippen LogP contribution in [0, 0.1) is 11.7 Å². The lowest BCUT2D eigenvalue weighted by molar-refractivity contribution is 0.0138. The Hall–Kier alpha value is -2.03. The van der Waals surface area contributed by atoms with Crippen LogP contribution in [0.3, 0.4) is 0 Å². The minimum atomic E-state index is -4.33. The number of methoxy groups -OCH3 is 1. The first-order chi connectivity index (χ1) is 21.5. The molecule has 0 bridgehead atoms. The second-order valence-electron chi connectivity index (χ2n) is 14.6. The molecule has 0 saturated carbocycles. The standard InChI is InChI=1S/C34H54BrFN2O7SSi/c1-24(30(45-47(11,12)34(6,7)8)21-37(9)32(39)44-33(3,4)5)20-38(46(40,41)31-18-15-27(35)19-29(31)36)25(2)22-43-23-26-13-16-28(42-10)17-14-26/h13-19,24-25,30H,20-23H2,1-12H3/t24-,25-,30+/m0/s1. The number of carbonyl (C=O) groups excluding carboxylic acids is 1. The van der Waals surface area contributed by atoms with Gasteiger partial charge in [0.15, 0.2) is 8.32 Å². The van der Waals surface area contributed by atoms with Crippen molar-refractivity contribution < 1.29 is 36.2 Å². The predicted molar refractivity (Wildman–Crippen MR) is 190 cm³/mol. The molecule has 13 heteroatoms. The van der Waals surface area contributed by atoms with Gasteiger partial charge in [-0.3, -0.25) is 0 Å². The van der Waals surface area contributed by atoms with E-state index in [1.54, 1.807) is 41.9 Å². The summed E-state index contributed by atoms with van der Waals surface area (Å²) in [5.41, 5.74) is 0.209. The monoisotopic (exact) mass is 760 g/mol. The maximum Gasteiger partial charge on any atom is 0.410 e. The van der Waals surface area contributed by atoms with Gasteiger partial charge in [-0.1, -0.05) is 55.8 Å². The van der Waals surface area contributed by atoms with Crippen molar-refractivity contribution in [1.82, 2.24) is 9.21 Å². The van der Waals surface area contributed by atoms with Gasteiger partial charge in [-0.25, -0.2) is 17.6 Å². The molecule has 0 N–H and O–H groups in total. The second-order valence-corrected chi connectivity index (χ2v) is 22.1. The van der Waals surface area contributed by atoms with Crippen LogP contribution >= 0.6 is 15.9 Å². The molecule has 0 aliphatic heterocycles. The van der Waals surface area contributed by atoms with Crippen LogP contribution in [0.15, 0.2) is 51.8 Å². The zero-order valence-electron chi connectivity index (χ0n) is 30.0. The van der Waals surface area contributed by atoms with E-state index in [1.165, 1.54) is 21.3 Å². The van der Waals surface area contributed by atoms with Gasteiger partial charge in [0.1, 0.15) is 22.1 Å². The van der Waals surface area contributed by atoms with E-state index in [4.69, 9.17) is 18.6 Å². The largest absolute Gasteiger partial charge is 0.497 e. The summed E-state index contributed by atoms with van der Waals surface area (Å²) >= 11 is 3.22. The summed E-state index contributed by atoms with van der Waals surface area (Å²) in [6, 6.07) is 10.6. The zero-order valence-corrected chi connectivity index (χ0v) is 33.4. The summed E-state index contributed by atoms with van der Waals surface area (Å²) in [6.07, 6.45) is -1.05. The first-order valence-electron chi connectivity index (χ1n) is 15.8. The smallest absolute Gasteiger partial charge is 0.410 e. The van der Waals surface area contributed by atoms with E-state index in [0.717, 1.165) is 17.4 Å². The van der Waals surface area contributed by atoms with Gasteiger partial charge in [0.05, 0.1) is 26.4 Å². The van der Waals surface area contributed by atoms with Gasteiger partial charge < -0.3 is 23.5 Å². The number of amides is 1. The highest BCUT2D eigenvalue weighted by Crippen LogP contribution is 2.38. The molecule has 0 unspecified atom stereocenters. The van der Waals surface area contributed by atoms with Crippen molar-refractivity contribution >= 4 is 40.4 Å². The quantitative estimate of drug-likeness (QED) is 0.170. The Kier molecular flexibility index (Phi) is 14.5. The molecule has 0 radical (unpaired) electrons. The fraction of sp³-hybridized carbons (Fsp3) is 0.618. The van der Waals surface area contributed by atoms with Gasteiger partial charge in [0.25, 0.3) is 0 Å². The van der Waals surface area contributed by atoms with E-state index in [1.807, 2.05) is 31.2 Å². The summed E-state index contributed by atoms with van der Waals surface area (Å²) in [5, 5.41) is -0.148. The van der Waals surface area contributed by atoms with Crippen LogP contribution in [-0.4, -0.2) is 83.6 Å². The highest BCUT2D eigenvalue weighted by atomic mass is 79.9. The second kappa shape index (κ2) is 16.6. The van der Waals surface area contributed by atoms with Crippen molar-refractivity contribution in [1.29, 1.82) is 0 Å². The average molecular weight is 762 g/mol. The van der Waals surface area contributed by atoms with Crippen molar-refractivity contribution in [2.45, 2.75) is 103 Å². The van der Waals surface area contributed by atoms with E-state index >= 15 is 4.39 Å². The molecule has 266 valence electrons. The minimum absolute atomic E-state index is 0.00759. The number of halogens is 2. The first kappa shape index (κ1) is 41.1. The average Bonchev–Trinajstić information content (AvgIpc) is 2.93. The number of likely N-dealkylation sites (N-methyl/N-ethyl adjacent to an activating group) is 1. The van der Waals surface area contributed by atoms with Crippen LogP contribution in [0.25, 0.3) is 0 Å². The van der Waals surface area contributed by atoms with E-state index in [-0.39, 0.29) is 31.3 Å². The Bertz CT molecular complexity index is 1430. The lowest BCUT2D eigenvalue weighted by Crippen LogP contribution is -2.52. The molecule has 47 heavy (non-hydrogen) atoms. The van der Waals surface area contributed by atoms with E-state index < -0.39 is 58.8 Å². The van der Waals surface area contributed by atoms with Crippen molar-refractivity contribution in [2.75, 3.05) is 33.9 Å². The molecule has 9 nitrogen and oxygen atoms in total. The minimum Gasteiger partial charge on any atom is -0.497 e. The zero-order chi connectivity index (χ0) is 36.0. The Balaban J connectivity index is 2.45. The fourth-order valence-corrected chi connectivity index (χ4v) is 7.97. The van der Waals surface area contributed by atoms with Gasteiger partial charge in [-0.15, -0.1) is 0 Å². The molecule has 0 fully saturated rings. The topological polar surface area (TPSA) is 94.6 Å². The Morgan fingerprint density at radius 3 is 2.11 bits per heavy atom. The normalized spacial score (nSPS) is 14.9. The maximum absolute atomic E-state index is 15.2. The highest BCUT2D eigenvalue weighted by Gasteiger charge is 2.42. The molecule has 1 amide bonds. The van der Waals surface area contributed by atoms with E-state index in [2.05, 4.69) is 49.8 Å². The lowest BCUT2D eigenvalue weighted by Gasteiger charge is -2.43. The van der Waals surface area contributed by atoms with Crippen LogP contribution in [-0.2, 0) is 30.5 Å². The molecular formula is C34H54BrFN2O7SSi. The summed E-state index contributed by atoms with van der Waals surface area (Å²) < 4.78 is 68.9. The highest BCUT2D eigenvalue weighted by molar-refractivity contribution is 9.10. The summed E-state index contributed by atoms with van der Waals surface area (Å²) in [4.78, 5) is 14.0. The third-order valence-electron chi connectivity index (χ3n) is 8.27. The van der Waals surface area contributed by atoms with Crippen molar-refractivity contribution in [3.8, 4) is 5.75 Å². The molecule has 2 rings (SSSR count). The number of hydrogen-bond donors (Lipinski definition) is 0. The lowest BCUT2D eigenvalue weighted by atomic mass is 10.0. The summed E-state index contributed by atoms with van der Waals surface area (Å²) in [7, 11) is -3.49. The van der Waals surface area contributed by atoms with Crippen LogP contribution in [0.1, 0.15) is 61.0 Å². The van der Waals surface area contributed by atoms with Gasteiger partial charge >= 0.3 is 6.09 Å². The molecule has 0 heterocycles. The summed E-state index contributed by atoms with van der Waals surface area (Å²) in [5.74, 6) is -0.551. The molecule has 0 saturated heterocycles. The van der Waals surface area contributed by atoms with E-state index in [0.29, 0.717) is 4.47 Å². The van der Waals surface area contributed by atoms with Gasteiger partial charge in [-0.05, 0) is 87.6 Å². The Morgan fingerprint density at radius 1 is 1.00 bits per heavy atom. The number of sulfonamides is 1. The Morgan fingerprint density at radius 2 is 1.60 bits per heavy atom. The third kappa shape index (κ3) is 12.1.